The average Bonchev–Trinajstić information content (AvgIpc) is 2.39. The minimum absolute atomic E-state index is 0.306. The molecule has 19 heavy (non-hydrogen) atoms. The van der Waals surface area contributed by atoms with Crippen LogP contribution in [0.15, 0.2) is 24.3 Å². The highest BCUT2D eigenvalue weighted by Gasteiger charge is 2.28. The predicted molar refractivity (Wildman–Crippen MR) is 74.2 cm³/mol. The second-order valence-electron chi connectivity index (χ2n) is 4.41. The van der Waals surface area contributed by atoms with E-state index in [2.05, 4.69) is 0 Å². The Bertz CT molecular complexity index is 530. The highest BCUT2D eigenvalue weighted by molar-refractivity contribution is 7.86. The Labute approximate surface area is 118 Å². The molecule has 0 unspecified atom stereocenters. The molecule has 1 aromatic carbocycles. The summed E-state index contributed by atoms with van der Waals surface area (Å²) in [6.45, 7) is 2.01. The van der Waals surface area contributed by atoms with Gasteiger partial charge in [-0.05, 0) is 17.7 Å². The van der Waals surface area contributed by atoms with Crippen LogP contribution in [0, 0.1) is 0 Å². The smallest absolute Gasteiger partial charge is 0.282 e. The lowest BCUT2D eigenvalue weighted by atomic mass is 10.2. The molecule has 0 amide bonds. The van der Waals surface area contributed by atoms with Crippen molar-refractivity contribution in [1.29, 1.82) is 0 Å². The number of hydrogen-bond acceptors (Lipinski definition) is 3. The topological polar surface area (TPSA) is 49.9 Å². The molecule has 1 heterocycles. The van der Waals surface area contributed by atoms with E-state index in [0.717, 1.165) is 5.56 Å². The molecule has 0 saturated carbocycles. The van der Waals surface area contributed by atoms with Crippen molar-refractivity contribution in [3.8, 4) is 0 Å². The predicted octanol–water partition coefficient (Wildman–Crippen LogP) is 1.35. The molecule has 1 fully saturated rings. The third-order valence-corrected chi connectivity index (χ3v) is 5.15. The molecule has 5 nitrogen and oxygen atoms in total. The number of benzene rings is 1. The lowest BCUT2D eigenvalue weighted by Gasteiger charge is -2.30. The van der Waals surface area contributed by atoms with Crippen molar-refractivity contribution >= 4 is 21.8 Å². The molecule has 1 aliphatic heterocycles. The van der Waals surface area contributed by atoms with Gasteiger partial charge in [0.2, 0.25) is 0 Å². The van der Waals surface area contributed by atoms with Crippen molar-refractivity contribution in [2.24, 2.45) is 0 Å². The largest absolute Gasteiger partial charge is 0.379 e. The molecule has 0 spiro atoms. The van der Waals surface area contributed by atoms with Gasteiger partial charge in [0.15, 0.2) is 0 Å². The van der Waals surface area contributed by atoms with E-state index < -0.39 is 10.2 Å². The minimum atomic E-state index is -3.43. The summed E-state index contributed by atoms with van der Waals surface area (Å²) >= 11 is 5.90. The lowest BCUT2D eigenvalue weighted by molar-refractivity contribution is 0.0705. The van der Waals surface area contributed by atoms with Crippen LogP contribution in [-0.4, -0.2) is 50.4 Å². The van der Waals surface area contributed by atoms with Crippen LogP contribution >= 0.6 is 11.6 Å². The van der Waals surface area contributed by atoms with Crippen molar-refractivity contribution in [3.63, 3.8) is 0 Å². The standard InChI is InChI=1S/C12H17ClN2O3S/c1-14(10-11-3-2-4-12(13)9-11)19(16,17)15-5-7-18-8-6-15/h2-4,9H,5-8,10H2,1H3. The van der Waals surface area contributed by atoms with E-state index in [0.29, 0.717) is 37.9 Å². The average molecular weight is 305 g/mol. The van der Waals surface area contributed by atoms with Crippen molar-refractivity contribution in [2.45, 2.75) is 6.54 Å². The molecule has 1 aromatic rings. The Hall–Kier alpha value is -0.660. The normalized spacial score (nSPS) is 17.8. The van der Waals surface area contributed by atoms with E-state index in [1.807, 2.05) is 12.1 Å². The zero-order valence-electron chi connectivity index (χ0n) is 10.8. The lowest BCUT2D eigenvalue weighted by Crippen LogP contribution is -2.47. The first-order valence-electron chi connectivity index (χ1n) is 6.04. The summed E-state index contributed by atoms with van der Waals surface area (Å²) in [7, 11) is -1.85. The number of ether oxygens (including phenoxy) is 1. The van der Waals surface area contributed by atoms with E-state index in [9.17, 15) is 8.42 Å². The summed E-state index contributed by atoms with van der Waals surface area (Å²) in [4.78, 5) is 0. The second kappa shape index (κ2) is 6.19. The second-order valence-corrected chi connectivity index (χ2v) is 6.88. The zero-order valence-corrected chi connectivity index (χ0v) is 12.3. The van der Waals surface area contributed by atoms with E-state index in [1.54, 1.807) is 19.2 Å². The van der Waals surface area contributed by atoms with Gasteiger partial charge >= 0.3 is 0 Å². The first-order valence-corrected chi connectivity index (χ1v) is 7.81. The SMILES string of the molecule is CN(Cc1cccc(Cl)c1)S(=O)(=O)N1CCOCC1. The van der Waals surface area contributed by atoms with Crippen molar-refractivity contribution in [1.82, 2.24) is 8.61 Å². The molecule has 1 aliphatic rings. The van der Waals surface area contributed by atoms with Gasteiger partial charge < -0.3 is 4.74 Å². The van der Waals surface area contributed by atoms with Crippen molar-refractivity contribution in [3.05, 3.63) is 34.9 Å². The fourth-order valence-corrected chi connectivity index (χ4v) is 3.48. The van der Waals surface area contributed by atoms with Gasteiger partial charge in [0.1, 0.15) is 0 Å². The minimum Gasteiger partial charge on any atom is -0.379 e. The highest BCUT2D eigenvalue weighted by atomic mass is 35.5. The summed E-state index contributed by atoms with van der Waals surface area (Å²) in [5.74, 6) is 0. The van der Waals surface area contributed by atoms with Gasteiger partial charge in [-0.3, -0.25) is 0 Å². The fourth-order valence-electron chi connectivity index (χ4n) is 1.95. The molecule has 0 bridgehead atoms. The number of nitrogens with zero attached hydrogens (tertiary/aromatic N) is 2. The molecule has 7 heteroatoms. The monoisotopic (exact) mass is 304 g/mol. The van der Waals surface area contributed by atoms with Gasteiger partial charge in [0, 0.05) is 31.7 Å². The molecule has 0 radical (unpaired) electrons. The summed E-state index contributed by atoms with van der Waals surface area (Å²) in [5.41, 5.74) is 0.867. The van der Waals surface area contributed by atoms with Gasteiger partial charge in [0.05, 0.1) is 13.2 Å². The van der Waals surface area contributed by atoms with E-state index in [1.165, 1.54) is 8.61 Å². The number of halogens is 1. The summed E-state index contributed by atoms with van der Waals surface area (Å²) < 4.78 is 32.6. The van der Waals surface area contributed by atoms with Crippen molar-refractivity contribution in [2.75, 3.05) is 33.4 Å². The quantitative estimate of drug-likeness (QED) is 0.844. The number of morpholine rings is 1. The Morgan fingerprint density at radius 1 is 1.37 bits per heavy atom. The first kappa shape index (κ1) is 14.7. The van der Waals surface area contributed by atoms with Crippen LogP contribution in [0.25, 0.3) is 0 Å². The van der Waals surface area contributed by atoms with Crippen LogP contribution in [0.4, 0.5) is 0 Å². The highest BCUT2D eigenvalue weighted by Crippen LogP contribution is 2.16. The van der Waals surface area contributed by atoms with Gasteiger partial charge in [-0.2, -0.15) is 17.0 Å². The Balaban J connectivity index is 2.07. The van der Waals surface area contributed by atoms with Crippen molar-refractivity contribution < 1.29 is 13.2 Å². The third kappa shape index (κ3) is 3.67. The third-order valence-electron chi connectivity index (χ3n) is 2.98. The molecule has 106 valence electrons. The van der Waals surface area contributed by atoms with E-state index in [4.69, 9.17) is 16.3 Å². The van der Waals surface area contributed by atoms with E-state index >= 15 is 0 Å². The van der Waals surface area contributed by atoms with Gasteiger partial charge in [-0.15, -0.1) is 0 Å². The number of hydrogen-bond donors (Lipinski definition) is 0. The molecular formula is C12H17ClN2O3S. The molecule has 0 aromatic heterocycles. The molecule has 1 saturated heterocycles. The first-order chi connectivity index (χ1) is 9.00. The van der Waals surface area contributed by atoms with E-state index in [-0.39, 0.29) is 0 Å². The molecular weight excluding hydrogens is 288 g/mol. The summed E-state index contributed by atoms with van der Waals surface area (Å²) in [5, 5.41) is 0.606. The molecule has 0 N–H and O–H groups in total. The van der Waals surface area contributed by atoms with Crippen LogP contribution in [0.5, 0.6) is 0 Å². The van der Waals surface area contributed by atoms with Gasteiger partial charge in [-0.25, -0.2) is 0 Å². The van der Waals surface area contributed by atoms with Crippen LogP contribution in [0.1, 0.15) is 5.56 Å². The maximum Gasteiger partial charge on any atom is 0.282 e. The maximum atomic E-state index is 12.3. The molecule has 0 aliphatic carbocycles. The van der Waals surface area contributed by atoms with Crippen LogP contribution in [0.2, 0.25) is 5.02 Å². The fraction of sp³-hybridized carbons (Fsp3) is 0.500. The molecule has 0 atom stereocenters. The number of rotatable bonds is 4. The maximum absolute atomic E-state index is 12.3. The van der Waals surface area contributed by atoms with Gasteiger partial charge in [0.25, 0.3) is 10.2 Å². The van der Waals surface area contributed by atoms with Crippen LogP contribution < -0.4 is 0 Å². The Kier molecular flexibility index (Phi) is 4.81. The Morgan fingerprint density at radius 3 is 2.68 bits per heavy atom. The van der Waals surface area contributed by atoms with Crippen LogP contribution in [-0.2, 0) is 21.5 Å². The van der Waals surface area contributed by atoms with Gasteiger partial charge in [-0.1, -0.05) is 23.7 Å². The summed E-state index contributed by atoms with van der Waals surface area (Å²) in [6, 6.07) is 7.21. The van der Waals surface area contributed by atoms with Crippen LogP contribution in [0.3, 0.4) is 0 Å². The summed E-state index contributed by atoms with van der Waals surface area (Å²) in [6.07, 6.45) is 0. The zero-order chi connectivity index (χ0) is 13.9. The Morgan fingerprint density at radius 2 is 2.05 bits per heavy atom. The molecule has 2 rings (SSSR count).